The van der Waals surface area contributed by atoms with E-state index in [0.717, 1.165) is 0 Å². The number of carbonyl (C=O) groups is 1. The summed E-state index contributed by atoms with van der Waals surface area (Å²) in [6.45, 7) is 2.64. The predicted octanol–water partition coefficient (Wildman–Crippen LogP) is 2.78. The fourth-order valence-corrected chi connectivity index (χ4v) is 0.594. The fraction of sp³-hybridized carbons (Fsp3) is 0.500. The van der Waals surface area contributed by atoms with Crippen LogP contribution in [0.4, 0.5) is 26.3 Å². The van der Waals surface area contributed by atoms with E-state index in [9.17, 15) is 31.1 Å². The van der Waals surface area contributed by atoms with Crippen LogP contribution in [0.15, 0.2) is 12.8 Å². The topological polar surface area (TPSA) is 26.3 Å². The molecule has 0 aliphatic heterocycles. The lowest BCUT2D eigenvalue weighted by molar-refractivity contribution is -0.266. The van der Waals surface area contributed by atoms with Crippen molar-refractivity contribution in [3.63, 3.8) is 0 Å². The molecule has 0 aromatic rings. The van der Waals surface area contributed by atoms with E-state index >= 15 is 0 Å². The van der Waals surface area contributed by atoms with Gasteiger partial charge in [-0.15, -0.1) is 0 Å². The molecule has 0 rings (SSSR count). The van der Waals surface area contributed by atoms with Crippen LogP contribution in [0.2, 0.25) is 0 Å². The molecule has 9 heteroatoms. The van der Waals surface area contributed by atoms with Gasteiger partial charge in [0.1, 0.15) is 0 Å². The summed E-state index contributed by atoms with van der Waals surface area (Å²) in [5, 5.41) is 0. The van der Waals surface area contributed by atoms with E-state index in [-0.39, 0.29) is 6.26 Å². The molecule has 0 aliphatic rings. The van der Waals surface area contributed by atoms with Crippen molar-refractivity contribution in [2.75, 3.05) is 0 Å². The highest BCUT2D eigenvalue weighted by atomic mass is 35.5. The van der Waals surface area contributed by atoms with E-state index in [2.05, 4.69) is 22.9 Å². The first kappa shape index (κ1) is 14.1. The summed E-state index contributed by atoms with van der Waals surface area (Å²) >= 11 is 4.25. The van der Waals surface area contributed by atoms with Crippen molar-refractivity contribution in [3.8, 4) is 0 Å². The maximum atomic E-state index is 12.0. The lowest BCUT2D eigenvalue weighted by Crippen LogP contribution is -2.58. The van der Waals surface area contributed by atoms with Crippen LogP contribution in [-0.4, -0.2) is 23.2 Å². The highest BCUT2D eigenvalue weighted by Gasteiger charge is 2.76. The minimum Gasteiger partial charge on any atom is -0.433 e. The third kappa shape index (κ3) is 2.36. The Morgan fingerprint density at radius 2 is 1.47 bits per heavy atom. The fourth-order valence-electron chi connectivity index (χ4n) is 0.549. The SMILES string of the molecule is C=COC(=O)C(Cl)(C(F)(F)F)C(F)(F)F. The summed E-state index contributed by atoms with van der Waals surface area (Å²) in [5.41, 5.74) is 0. The van der Waals surface area contributed by atoms with Crippen LogP contribution in [0, 0.1) is 0 Å². The number of hydrogen-bond acceptors (Lipinski definition) is 2. The zero-order valence-corrected chi connectivity index (χ0v) is 7.50. The number of hydrogen-bond donors (Lipinski definition) is 0. The molecule has 0 fully saturated rings. The Balaban J connectivity index is 5.42. The van der Waals surface area contributed by atoms with Gasteiger partial charge in [-0.25, -0.2) is 4.79 Å². The molecule has 0 N–H and O–H groups in total. The standard InChI is InChI=1S/C6H3ClF6O2/c1-2-15-3(14)4(7,5(8,9)10)6(11,12)13/h2H,1H2. The number of carbonyl (C=O) groups excluding carboxylic acids is 1. The summed E-state index contributed by atoms with van der Waals surface area (Å²) in [6, 6.07) is 0. The lowest BCUT2D eigenvalue weighted by Gasteiger charge is -2.28. The molecule has 0 heterocycles. The highest BCUT2D eigenvalue weighted by Crippen LogP contribution is 2.48. The maximum Gasteiger partial charge on any atom is 0.427 e. The molecule has 0 atom stereocenters. The van der Waals surface area contributed by atoms with Gasteiger partial charge in [-0.1, -0.05) is 18.2 Å². The van der Waals surface area contributed by atoms with Crippen LogP contribution in [0.5, 0.6) is 0 Å². The van der Waals surface area contributed by atoms with Crippen LogP contribution in [-0.2, 0) is 9.53 Å². The second kappa shape index (κ2) is 3.92. The molecular formula is C6H3ClF6O2. The molecule has 88 valence electrons. The molecule has 0 unspecified atom stereocenters. The van der Waals surface area contributed by atoms with Crippen molar-refractivity contribution < 1.29 is 35.9 Å². The number of alkyl halides is 7. The van der Waals surface area contributed by atoms with Crippen LogP contribution in [0.1, 0.15) is 0 Å². The molecule has 0 saturated carbocycles. The van der Waals surface area contributed by atoms with Crippen molar-refractivity contribution >= 4 is 17.6 Å². The van der Waals surface area contributed by atoms with Crippen LogP contribution >= 0.6 is 11.6 Å². The Morgan fingerprint density at radius 1 is 1.13 bits per heavy atom. The van der Waals surface area contributed by atoms with Crippen LogP contribution in [0.3, 0.4) is 0 Å². The molecule has 15 heavy (non-hydrogen) atoms. The second-order valence-corrected chi connectivity index (χ2v) is 2.79. The average molecular weight is 257 g/mol. The Kier molecular flexibility index (Phi) is 3.67. The summed E-state index contributed by atoms with van der Waals surface area (Å²) in [6.07, 6.45) is -11.9. The molecule has 0 aliphatic carbocycles. The Hall–Kier alpha value is -0.920. The highest BCUT2D eigenvalue weighted by molar-refractivity contribution is 6.35. The van der Waals surface area contributed by atoms with E-state index in [1.165, 1.54) is 0 Å². The van der Waals surface area contributed by atoms with Crippen molar-refractivity contribution in [2.24, 2.45) is 0 Å². The molecule has 0 saturated heterocycles. The summed E-state index contributed by atoms with van der Waals surface area (Å²) in [7, 11) is 0. The quantitative estimate of drug-likeness (QED) is 0.329. The van der Waals surface area contributed by atoms with Gasteiger partial charge in [-0.05, 0) is 0 Å². The van der Waals surface area contributed by atoms with E-state index in [1.807, 2.05) is 0 Å². The maximum absolute atomic E-state index is 12.0. The molecule has 0 aromatic carbocycles. The number of esters is 1. The molecule has 0 aromatic heterocycles. The largest absolute Gasteiger partial charge is 0.433 e. The van der Waals surface area contributed by atoms with Gasteiger partial charge < -0.3 is 4.74 Å². The average Bonchev–Trinajstić information content (AvgIpc) is 1.99. The van der Waals surface area contributed by atoms with E-state index in [4.69, 9.17) is 0 Å². The number of halogens is 7. The van der Waals surface area contributed by atoms with E-state index < -0.39 is 23.2 Å². The molecule has 0 radical (unpaired) electrons. The van der Waals surface area contributed by atoms with Gasteiger partial charge >= 0.3 is 23.2 Å². The van der Waals surface area contributed by atoms with Gasteiger partial charge in [0.2, 0.25) is 0 Å². The van der Waals surface area contributed by atoms with Crippen molar-refractivity contribution in [2.45, 2.75) is 17.2 Å². The zero-order chi connectivity index (χ0) is 12.5. The van der Waals surface area contributed by atoms with Crippen LogP contribution in [0.25, 0.3) is 0 Å². The summed E-state index contributed by atoms with van der Waals surface area (Å²) < 4.78 is 75.3. The van der Waals surface area contributed by atoms with Crippen molar-refractivity contribution in [3.05, 3.63) is 12.8 Å². The molecule has 0 spiro atoms. The number of ether oxygens (including phenoxy) is 1. The van der Waals surface area contributed by atoms with Gasteiger partial charge in [-0.2, -0.15) is 26.3 Å². The smallest absolute Gasteiger partial charge is 0.427 e. The molecular weight excluding hydrogens is 254 g/mol. The second-order valence-electron chi connectivity index (χ2n) is 2.23. The molecule has 2 nitrogen and oxygen atoms in total. The minimum absolute atomic E-state index is 0.122. The Morgan fingerprint density at radius 3 is 1.67 bits per heavy atom. The van der Waals surface area contributed by atoms with Gasteiger partial charge in [0, 0.05) is 0 Å². The third-order valence-corrected chi connectivity index (χ3v) is 1.84. The van der Waals surface area contributed by atoms with Gasteiger partial charge in [-0.3, -0.25) is 0 Å². The Labute approximate surface area is 84.4 Å². The third-order valence-electron chi connectivity index (χ3n) is 1.25. The first-order chi connectivity index (χ1) is 6.48. The molecule has 0 amide bonds. The normalized spacial score (nSPS) is 13.5. The van der Waals surface area contributed by atoms with Crippen LogP contribution < -0.4 is 0 Å². The zero-order valence-electron chi connectivity index (χ0n) is 6.75. The van der Waals surface area contributed by atoms with Gasteiger partial charge in [0.25, 0.3) is 0 Å². The van der Waals surface area contributed by atoms with E-state index in [1.54, 1.807) is 0 Å². The summed E-state index contributed by atoms with van der Waals surface area (Å²) in [4.78, 5) is 5.42. The number of rotatable bonds is 2. The Bertz CT molecular complexity index is 254. The van der Waals surface area contributed by atoms with Gasteiger partial charge in [0.05, 0.1) is 6.26 Å². The first-order valence-electron chi connectivity index (χ1n) is 3.13. The predicted molar refractivity (Wildman–Crippen MR) is 37.0 cm³/mol. The monoisotopic (exact) mass is 256 g/mol. The van der Waals surface area contributed by atoms with Gasteiger partial charge in [0.15, 0.2) is 0 Å². The van der Waals surface area contributed by atoms with Crippen molar-refractivity contribution in [1.82, 2.24) is 0 Å². The first-order valence-corrected chi connectivity index (χ1v) is 3.50. The minimum atomic E-state index is -6.02. The summed E-state index contributed by atoms with van der Waals surface area (Å²) in [5.74, 6) is -2.70. The van der Waals surface area contributed by atoms with Crippen molar-refractivity contribution in [1.29, 1.82) is 0 Å². The molecule has 0 bridgehead atoms. The lowest BCUT2D eigenvalue weighted by atomic mass is 10.1. The van der Waals surface area contributed by atoms with E-state index in [0.29, 0.717) is 0 Å².